The smallest absolute Gasteiger partial charge is 0.412 e. The fourth-order valence-electron chi connectivity index (χ4n) is 3.02. The van der Waals surface area contributed by atoms with Gasteiger partial charge >= 0.3 is 6.09 Å². The number of rotatable bonds is 6. The first-order chi connectivity index (χ1) is 14.9. The zero-order valence-electron chi connectivity index (χ0n) is 18.8. The SMILES string of the molecule is CN(C)Cc1ccc2cccc(NS(=O)(=O)c3ccc(NC(=O)OC(C)(C)C)cc3)c2n1. The first-order valence-electron chi connectivity index (χ1n) is 10.1. The van der Waals surface area contributed by atoms with Gasteiger partial charge in [-0.2, -0.15) is 0 Å². The predicted molar refractivity (Wildman–Crippen MR) is 126 cm³/mol. The van der Waals surface area contributed by atoms with Crippen LogP contribution in [0.2, 0.25) is 0 Å². The Morgan fingerprint density at radius 2 is 1.72 bits per heavy atom. The topological polar surface area (TPSA) is 101 Å². The highest BCUT2D eigenvalue weighted by molar-refractivity contribution is 7.92. The minimum absolute atomic E-state index is 0.0636. The number of hydrogen-bond donors (Lipinski definition) is 2. The summed E-state index contributed by atoms with van der Waals surface area (Å²) < 4.78 is 33.8. The molecule has 0 radical (unpaired) electrons. The van der Waals surface area contributed by atoms with Crippen LogP contribution in [0.3, 0.4) is 0 Å². The van der Waals surface area contributed by atoms with Crippen LogP contribution in [-0.4, -0.2) is 44.1 Å². The van der Waals surface area contributed by atoms with E-state index < -0.39 is 21.7 Å². The van der Waals surface area contributed by atoms with Gasteiger partial charge in [-0.15, -0.1) is 0 Å². The molecule has 0 unspecified atom stereocenters. The van der Waals surface area contributed by atoms with Crippen molar-refractivity contribution >= 4 is 38.4 Å². The third kappa shape index (κ3) is 6.18. The Hall–Kier alpha value is -3.17. The van der Waals surface area contributed by atoms with Gasteiger partial charge in [-0.05, 0) is 71.3 Å². The summed E-state index contributed by atoms with van der Waals surface area (Å²) in [5, 5.41) is 3.42. The van der Waals surface area contributed by atoms with Crippen molar-refractivity contribution in [2.45, 2.75) is 37.8 Å². The van der Waals surface area contributed by atoms with E-state index >= 15 is 0 Å². The molecule has 0 atom stereocenters. The number of benzene rings is 2. The normalized spacial score (nSPS) is 12.1. The summed E-state index contributed by atoms with van der Waals surface area (Å²) in [4.78, 5) is 18.6. The Bertz CT molecular complexity index is 1220. The third-order valence-electron chi connectivity index (χ3n) is 4.31. The van der Waals surface area contributed by atoms with Gasteiger partial charge in [0.15, 0.2) is 0 Å². The summed E-state index contributed by atoms with van der Waals surface area (Å²) in [5.74, 6) is 0. The average molecular weight is 457 g/mol. The Labute approximate surface area is 188 Å². The second-order valence-corrected chi connectivity index (χ2v) is 10.4. The predicted octanol–water partition coefficient (Wildman–Crippen LogP) is 4.44. The maximum Gasteiger partial charge on any atom is 0.412 e. The van der Waals surface area contributed by atoms with Crippen LogP contribution in [0, 0.1) is 0 Å². The van der Waals surface area contributed by atoms with Crippen molar-refractivity contribution < 1.29 is 17.9 Å². The van der Waals surface area contributed by atoms with Gasteiger partial charge < -0.3 is 9.64 Å². The molecule has 0 aliphatic carbocycles. The van der Waals surface area contributed by atoms with Crippen molar-refractivity contribution in [2.75, 3.05) is 24.1 Å². The number of carbonyl (C=O) groups excluding carboxylic acids is 1. The number of aromatic nitrogens is 1. The van der Waals surface area contributed by atoms with E-state index in [2.05, 4.69) is 15.0 Å². The Balaban J connectivity index is 1.81. The molecular weight excluding hydrogens is 428 g/mol. The maximum atomic E-state index is 13.0. The van der Waals surface area contributed by atoms with Gasteiger partial charge in [0.05, 0.1) is 21.8 Å². The lowest BCUT2D eigenvalue weighted by atomic mass is 10.2. The van der Waals surface area contributed by atoms with Gasteiger partial charge in [-0.1, -0.05) is 18.2 Å². The number of nitrogens with zero attached hydrogens (tertiary/aromatic N) is 2. The van der Waals surface area contributed by atoms with E-state index in [0.29, 0.717) is 23.4 Å². The van der Waals surface area contributed by atoms with E-state index in [9.17, 15) is 13.2 Å². The number of fused-ring (bicyclic) bond motifs is 1. The van der Waals surface area contributed by atoms with Crippen LogP contribution in [0.4, 0.5) is 16.2 Å². The number of anilines is 2. The number of hydrogen-bond acceptors (Lipinski definition) is 6. The molecule has 0 saturated carbocycles. The molecular formula is C23H28N4O4S. The van der Waals surface area contributed by atoms with Crippen molar-refractivity contribution in [3.63, 3.8) is 0 Å². The first kappa shape index (κ1) is 23.5. The minimum atomic E-state index is -3.86. The zero-order valence-corrected chi connectivity index (χ0v) is 19.7. The van der Waals surface area contributed by atoms with E-state index in [1.807, 2.05) is 37.2 Å². The molecule has 3 aromatic rings. The van der Waals surface area contributed by atoms with Crippen LogP contribution in [0.5, 0.6) is 0 Å². The van der Waals surface area contributed by atoms with Gasteiger partial charge in [-0.25, -0.2) is 18.2 Å². The van der Waals surface area contributed by atoms with Crippen molar-refractivity contribution in [3.8, 4) is 0 Å². The van der Waals surface area contributed by atoms with Gasteiger partial charge in [0, 0.05) is 17.6 Å². The third-order valence-corrected chi connectivity index (χ3v) is 5.69. The van der Waals surface area contributed by atoms with E-state index in [1.165, 1.54) is 24.3 Å². The molecule has 3 rings (SSSR count). The molecule has 1 amide bonds. The van der Waals surface area contributed by atoms with E-state index in [1.54, 1.807) is 32.9 Å². The number of amides is 1. The first-order valence-corrected chi connectivity index (χ1v) is 11.6. The second kappa shape index (κ2) is 9.13. The van der Waals surface area contributed by atoms with Crippen LogP contribution in [0.15, 0.2) is 59.5 Å². The van der Waals surface area contributed by atoms with Crippen LogP contribution in [-0.2, 0) is 21.3 Å². The number of carbonyl (C=O) groups is 1. The van der Waals surface area contributed by atoms with Gasteiger partial charge in [0.1, 0.15) is 5.60 Å². The van der Waals surface area contributed by atoms with E-state index in [4.69, 9.17) is 4.74 Å². The van der Waals surface area contributed by atoms with Crippen LogP contribution in [0.1, 0.15) is 26.5 Å². The lowest BCUT2D eigenvalue weighted by Gasteiger charge is -2.19. The summed E-state index contributed by atoms with van der Waals surface area (Å²) in [6.07, 6.45) is -0.610. The summed E-state index contributed by atoms with van der Waals surface area (Å²) in [7, 11) is 0.0334. The van der Waals surface area contributed by atoms with Gasteiger partial charge in [0.25, 0.3) is 10.0 Å². The number of sulfonamides is 1. The van der Waals surface area contributed by atoms with Crippen LogP contribution in [0.25, 0.3) is 10.9 Å². The molecule has 0 fully saturated rings. The highest BCUT2D eigenvalue weighted by atomic mass is 32.2. The Morgan fingerprint density at radius 3 is 2.34 bits per heavy atom. The van der Waals surface area contributed by atoms with Gasteiger partial charge in [0.2, 0.25) is 0 Å². The van der Waals surface area contributed by atoms with Crippen molar-refractivity contribution in [1.29, 1.82) is 0 Å². The molecule has 32 heavy (non-hydrogen) atoms. The van der Waals surface area contributed by atoms with Crippen molar-refractivity contribution in [1.82, 2.24) is 9.88 Å². The summed E-state index contributed by atoms with van der Waals surface area (Å²) in [6.45, 7) is 5.93. The quantitative estimate of drug-likeness (QED) is 0.569. The zero-order chi connectivity index (χ0) is 23.5. The number of nitrogens with one attached hydrogen (secondary N) is 2. The van der Waals surface area contributed by atoms with Crippen molar-refractivity contribution in [2.24, 2.45) is 0 Å². The molecule has 2 N–H and O–H groups in total. The highest BCUT2D eigenvalue weighted by Gasteiger charge is 2.18. The molecule has 170 valence electrons. The Morgan fingerprint density at radius 1 is 1.03 bits per heavy atom. The number of pyridine rings is 1. The molecule has 0 saturated heterocycles. The molecule has 2 aromatic carbocycles. The average Bonchev–Trinajstić information content (AvgIpc) is 2.66. The molecule has 0 spiro atoms. The summed E-state index contributed by atoms with van der Waals surface area (Å²) in [5.41, 5.74) is 1.62. The minimum Gasteiger partial charge on any atom is -0.444 e. The molecule has 1 aromatic heterocycles. The molecule has 1 heterocycles. The summed E-state index contributed by atoms with van der Waals surface area (Å²) in [6, 6.07) is 15.1. The van der Waals surface area contributed by atoms with Crippen LogP contribution >= 0.6 is 0 Å². The Kier molecular flexibility index (Phi) is 6.71. The van der Waals surface area contributed by atoms with Crippen molar-refractivity contribution in [3.05, 3.63) is 60.3 Å². The fourth-order valence-corrected chi connectivity index (χ4v) is 4.09. The lowest BCUT2D eigenvalue weighted by Crippen LogP contribution is -2.27. The monoisotopic (exact) mass is 456 g/mol. The largest absolute Gasteiger partial charge is 0.444 e. The van der Waals surface area contributed by atoms with Crippen LogP contribution < -0.4 is 10.0 Å². The second-order valence-electron chi connectivity index (χ2n) is 8.67. The fraction of sp³-hybridized carbons (Fsp3) is 0.304. The lowest BCUT2D eigenvalue weighted by molar-refractivity contribution is 0.0636. The standard InChI is InChI=1S/C23H28N4O4S/c1-23(2,3)31-22(28)25-17-11-13-19(14-12-17)32(29,30)26-20-8-6-7-16-9-10-18(15-27(4)5)24-21(16)20/h6-14,26H,15H2,1-5H3,(H,25,28). The number of ether oxygens (including phenoxy) is 1. The van der Waals surface area contributed by atoms with Gasteiger partial charge in [-0.3, -0.25) is 10.0 Å². The molecule has 0 bridgehead atoms. The molecule has 8 nitrogen and oxygen atoms in total. The number of para-hydroxylation sites is 1. The molecule has 0 aliphatic rings. The molecule has 9 heteroatoms. The highest BCUT2D eigenvalue weighted by Crippen LogP contribution is 2.25. The van der Waals surface area contributed by atoms with E-state index in [-0.39, 0.29) is 4.90 Å². The summed E-state index contributed by atoms with van der Waals surface area (Å²) >= 11 is 0. The molecule has 0 aliphatic heterocycles. The van der Waals surface area contributed by atoms with E-state index in [0.717, 1.165) is 11.1 Å². The maximum absolute atomic E-state index is 13.0.